The van der Waals surface area contributed by atoms with E-state index in [9.17, 15) is 4.79 Å². The molecule has 0 radical (unpaired) electrons. The van der Waals surface area contributed by atoms with Gasteiger partial charge in [-0.1, -0.05) is 6.07 Å². The molecule has 0 spiro atoms. The number of carbonyl (C=O) groups excluding carboxylic acids is 1. The van der Waals surface area contributed by atoms with E-state index < -0.39 is 0 Å². The molecule has 1 aromatic heterocycles. The first-order valence-electron chi connectivity index (χ1n) is 8.64. The van der Waals surface area contributed by atoms with Gasteiger partial charge in [-0.05, 0) is 68.9 Å². The molecule has 0 atom stereocenters. The van der Waals surface area contributed by atoms with E-state index in [0.29, 0.717) is 6.54 Å². The largest absolute Gasteiger partial charge is 0.484 e. The van der Waals surface area contributed by atoms with Crippen molar-refractivity contribution in [2.45, 2.75) is 46.1 Å². The molecule has 5 nitrogen and oxygen atoms in total. The Labute approximate surface area is 143 Å². The van der Waals surface area contributed by atoms with Gasteiger partial charge in [-0.25, -0.2) is 0 Å². The molecule has 0 aliphatic heterocycles. The van der Waals surface area contributed by atoms with Crippen LogP contribution >= 0.6 is 0 Å². The molecule has 1 aliphatic rings. The number of aryl methyl sites for hydroxylation is 5. The number of rotatable bonds is 7. The fourth-order valence-electron chi connectivity index (χ4n) is 3.20. The number of benzene rings is 1. The molecule has 0 saturated heterocycles. The second kappa shape index (κ2) is 7.51. The molecule has 1 N–H and O–H groups in total. The molecule has 128 valence electrons. The van der Waals surface area contributed by atoms with E-state index in [1.807, 2.05) is 24.6 Å². The summed E-state index contributed by atoms with van der Waals surface area (Å²) in [7, 11) is 0. The summed E-state index contributed by atoms with van der Waals surface area (Å²) in [6.45, 7) is 5.54. The molecule has 0 unspecified atom stereocenters. The number of carbonyl (C=O) groups is 1. The molecule has 0 saturated carbocycles. The zero-order valence-corrected chi connectivity index (χ0v) is 14.5. The van der Waals surface area contributed by atoms with Gasteiger partial charge >= 0.3 is 0 Å². The van der Waals surface area contributed by atoms with Crippen LogP contribution in [0, 0.1) is 13.8 Å². The highest BCUT2D eigenvalue weighted by Crippen LogP contribution is 2.25. The Morgan fingerprint density at radius 2 is 2.08 bits per heavy atom. The van der Waals surface area contributed by atoms with Gasteiger partial charge in [-0.15, -0.1) is 0 Å². The maximum Gasteiger partial charge on any atom is 0.257 e. The molecule has 1 aromatic carbocycles. The lowest BCUT2D eigenvalue weighted by atomic mass is 10.1. The average Bonchev–Trinajstić information content (AvgIpc) is 3.15. The van der Waals surface area contributed by atoms with E-state index in [1.54, 1.807) is 0 Å². The fraction of sp³-hybridized carbons (Fsp3) is 0.474. The van der Waals surface area contributed by atoms with Crippen LogP contribution in [0.25, 0.3) is 0 Å². The number of nitrogens with zero attached hydrogens (tertiary/aromatic N) is 2. The van der Waals surface area contributed by atoms with Gasteiger partial charge in [-0.2, -0.15) is 5.10 Å². The van der Waals surface area contributed by atoms with Crippen LogP contribution in [0.1, 0.15) is 35.4 Å². The third-order valence-corrected chi connectivity index (χ3v) is 4.41. The number of amides is 1. The van der Waals surface area contributed by atoms with Gasteiger partial charge in [0.2, 0.25) is 0 Å². The lowest BCUT2D eigenvalue weighted by Crippen LogP contribution is -2.30. The summed E-state index contributed by atoms with van der Waals surface area (Å²) in [5, 5.41) is 7.31. The van der Waals surface area contributed by atoms with Gasteiger partial charge in [-0.3, -0.25) is 9.48 Å². The summed E-state index contributed by atoms with van der Waals surface area (Å²) in [5.74, 6) is 0.706. The van der Waals surface area contributed by atoms with E-state index >= 15 is 0 Å². The van der Waals surface area contributed by atoms with Gasteiger partial charge in [0.05, 0.1) is 5.69 Å². The Morgan fingerprint density at radius 1 is 1.25 bits per heavy atom. The van der Waals surface area contributed by atoms with Crippen molar-refractivity contribution < 1.29 is 9.53 Å². The standard InChI is InChI=1S/C19H25N3O2/c1-14-11-15(2)22(21-14)10-4-9-20-19(23)13-24-18-8-7-16-5-3-6-17(16)12-18/h7-8,11-12H,3-6,9-10,13H2,1-2H3,(H,20,23). The molecule has 2 aromatic rings. The smallest absolute Gasteiger partial charge is 0.257 e. The quantitative estimate of drug-likeness (QED) is 0.795. The summed E-state index contributed by atoms with van der Waals surface area (Å²) >= 11 is 0. The Balaban J connectivity index is 1.36. The molecule has 5 heteroatoms. The highest BCUT2D eigenvalue weighted by molar-refractivity contribution is 5.77. The van der Waals surface area contributed by atoms with Crippen LogP contribution in [0.2, 0.25) is 0 Å². The zero-order valence-electron chi connectivity index (χ0n) is 14.5. The maximum absolute atomic E-state index is 11.9. The van der Waals surface area contributed by atoms with Crippen LogP contribution in [-0.2, 0) is 24.2 Å². The second-order valence-corrected chi connectivity index (χ2v) is 6.43. The van der Waals surface area contributed by atoms with Gasteiger partial charge < -0.3 is 10.1 Å². The molecule has 0 fully saturated rings. The van der Waals surface area contributed by atoms with Crippen molar-refractivity contribution in [3.8, 4) is 5.75 Å². The number of hydrogen-bond acceptors (Lipinski definition) is 3. The van der Waals surface area contributed by atoms with Crippen molar-refractivity contribution in [3.63, 3.8) is 0 Å². The molecule has 3 rings (SSSR count). The minimum Gasteiger partial charge on any atom is -0.484 e. The van der Waals surface area contributed by atoms with E-state index in [2.05, 4.69) is 28.6 Å². The number of nitrogens with one attached hydrogen (secondary N) is 1. The van der Waals surface area contributed by atoms with Crippen LogP contribution in [0.3, 0.4) is 0 Å². The lowest BCUT2D eigenvalue weighted by molar-refractivity contribution is -0.123. The Hall–Kier alpha value is -2.30. The summed E-state index contributed by atoms with van der Waals surface area (Å²) in [6, 6.07) is 8.20. The fourth-order valence-corrected chi connectivity index (χ4v) is 3.20. The SMILES string of the molecule is Cc1cc(C)n(CCCNC(=O)COc2ccc3c(c2)CCC3)n1. The van der Waals surface area contributed by atoms with Crippen LogP contribution in [0.4, 0.5) is 0 Å². The number of ether oxygens (including phenoxy) is 1. The van der Waals surface area contributed by atoms with E-state index in [0.717, 1.165) is 42.9 Å². The zero-order chi connectivity index (χ0) is 16.9. The third kappa shape index (κ3) is 4.16. The molecule has 1 amide bonds. The van der Waals surface area contributed by atoms with Crippen molar-refractivity contribution in [2.75, 3.05) is 13.2 Å². The van der Waals surface area contributed by atoms with E-state index in [-0.39, 0.29) is 12.5 Å². The van der Waals surface area contributed by atoms with E-state index in [4.69, 9.17) is 4.74 Å². The first-order valence-corrected chi connectivity index (χ1v) is 8.64. The summed E-state index contributed by atoms with van der Waals surface area (Å²) in [6.07, 6.45) is 4.34. The Kier molecular flexibility index (Phi) is 5.18. The average molecular weight is 327 g/mol. The van der Waals surface area contributed by atoms with Crippen LogP contribution in [-0.4, -0.2) is 28.8 Å². The minimum absolute atomic E-state index is 0.0681. The lowest BCUT2D eigenvalue weighted by Gasteiger charge is -2.09. The third-order valence-electron chi connectivity index (χ3n) is 4.41. The molecular weight excluding hydrogens is 302 g/mol. The van der Waals surface area contributed by atoms with Crippen molar-refractivity contribution in [1.29, 1.82) is 0 Å². The highest BCUT2D eigenvalue weighted by atomic mass is 16.5. The molecule has 0 bridgehead atoms. The van der Waals surface area contributed by atoms with Gasteiger partial charge in [0.15, 0.2) is 6.61 Å². The van der Waals surface area contributed by atoms with Gasteiger partial charge in [0, 0.05) is 18.8 Å². The summed E-state index contributed by atoms with van der Waals surface area (Å²) in [5.41, 5.74) is 4.95. The van der Waals surface area contributed by atoms with Gasteiger partial charge in [0.1, 0.15) is 5.75 Å². The second-order valence-electron chi connectivity index (χ2n) is 6.43. The van der Waals surface area contributed by atoms with Crippen molar-refractivity contribution >= 4 is 5.91 Å². The summed E-state index contributed by atoms with van der Waals surface area (Å²) in [4.78, 5) is 11.9. The molecule has 1 aliphatic carbocycles. The number of aromatic nitrogens is 2. The Morgan fingerprint density at radius 3 is 2.88 bits per heavy atom. The molecule has 1 heterocycles. The maximum atomic E-state index is 11.9. The van der Waals surface area contributed by atoms with Crippen molar-refractivity contribution in [3.05, 3.63) is 46.8 Å². The topological polar surface area (TPSA) is 56.2 Å². The van der Waals surface area contributed by atoms with Crippen molar-refractivity contribution in [2.24, 2.45) is 0 Å². The molecular formula is C19H25N3O2. The number of hydrogen-bond donors (Lipinski definition) is 1. The number of fused-ring (bicyclic) bond motifs is 1. The monoisotopic (exact) mass is 327 g/mol. The summed E-state index contributed by atoms with van der Waals surface area (Å²) < 4.78 is 7.58. The predicted octanol–water partition coefficient (Wildman–Crippen LogP) is 2.57. The van der Waals surface area contributed by atoms with Crippen molar-refractivity contribution in [1.82, 2.24) is 15.1 Å². The molecule has 24 heavy (non-hydrogen) atoms. The van der Waals surface area contributed by atoms with E-state index in [1.165, 1.54) is 17.5 Å². The predicted molar refractivity (Wildman–Crippen MR) is 93.3 cm³/mol. The normalized spacial score (nSPS) is 12.9. The first-order chi connectivity index (χ1) is 11.6. The van der Waals surface area contributed by atoms with Gasteiger partial charge in [0.25, 0.3) is 5.91 Å². The van der Waals surface area contributed by atoms with Crippen LogP contribution < -0.4 is 10.1 Å². The highest BCUT2D eigenvalue weighted by Gasteiger charge is 2.11. The minimum atomic E-state index is -0.0798. The first kappa shape index (κ1) is 16.6. The van der Waals surface area contributed by atoms with Crippen LogP contribution in [0.15, 0.2) is 24.3 Å². The van der Waals surface area contributed by atoms with Crippen LogP contribution in [0.5, 0.6) is 5.75 Å². The Bertz CT molecular complexity index is 721.